The van der Waals surface area contributed by atoms with E-state index in [9.17, 15) is 4.79 Å². The SMILES string of the molecule is Cc1cccc(C(C)C)c1NC(=O)C(C)(C)c1ccc2c(c1)OCCO2. The minimum absolute atomic E-state index is 0.0367. The first kappa shape index (κ1) is 18.3. The number of anilines is 1. The fourth-order valence-electron chi connectivity index (χ4n) is 3.18. The molecule has 1 heterocycles. The Bertz CT molecular complexity index is 824. The molecule has 1 N–H and O–H groups in total. The van der Waals surface area contributed by atoms with Gasteiger partial charge in [0.15, 0.2) is 11.5 Å². The van der Waals surface area contributed by atoms with Gasteiger partial charge < -0.3 is 14.8 Å². The largest absolute Gasteiger partial charge is 0.486 e. The number of hydrogen-bond acceptors (Lipinski definition) is 3. The van der Waals surface area contributed by atoms with Crippen molar-refractivity contribution in [2.75, 3.05) is 18.5 Å². The number of carbonyl (C=O) groups excluding carboxylic acids is 1. The van der Waals surface area contributed by atoms with Crippen LogP contribution in [0, 0.1) is 6.92 Å². The van der Waals surface area contributed by atoms with Crippen molar-refractivity contribution in [3.05, 3.63) is 53.1 Å². The molecule has 0 bridgehead atoms. The molecule has 26 heavy (non-hydrogen) atoms. The minimum atomic E-state index is -0.702. The highest BCUT2D eigenvalue weighted by atomic mass is 16.6. The van der Waals surface area contributed by atoms with Crippen LogP contribution in [0.3, 0.4) is 0 Å². The van der Waals surface area contributed by atoms with E-state index in [2.05, 4.69) is 25.2 Å². The van der Waals surface area contributed by atoms with Gasteiger partial charge in [0.2, 0.25) is 5.91 Å². The van der Waals surface area contributed by atoms with Crippen molar-refractivity contribution in [2.24, 2.45) is 0 Å². The van der Waals surface area contributed by atoms with Gasteiger partial charge in [-0.3, -0.25) is 4.79 Å². The van der Waals surface area contributed by atoms with Crippen LogP contribution in [0.15, 0.2) is 36.4 Å². The number of nitrogens with one attached hydrogen (secondary N) is 1. The Morgan fingerprint density at radius 3 is 2.46 bits per heavy atom. The molecule has 4 nitrogen and oxygen atoms in total. The van der Waals surface area contributed by atoms with Crippen molar-refractivity contribution >= 4 is 11.6 Å². The summed E-state index contributed by atoms with van der Waals surface area (Å²) in [5.74, 6) is 1.73. The third-order valence-corrected chi connectivity index (χ3v) is 5.00. The molecular formula is C22H27NO3. The van der Waals surface area contributed by atoms with Gasteiger partial charge in [-0.25, -0.2) is 0 Å². The summed E-state index contributed by atoms with van der Waals surface area (Å²) < 4.78 is 11.2. The lowest BCUT2D eigenvalue weighted by atomic mass is 9.83. The number of amides is 1. The fraction of sp³-hybridized carbons (Fsp3) is 0.409. The molecule has 1 amide bonds. The van der Waals surface area contributed by atoms with Crippen LogP contribution in [0.2, 0.25) is 0 Å². The van der Waals surface area contributed by atoms with Gasteiger partial charge in [-0.15, -0.1) is 0 Å². The average Bonchev–Trinajstić information content (AvgIpc) is 2.62. The van der Waals surface area contributed by atoms with Gasteiger partial charge in [0, 0.05) is 5.69 Å². The number of hydrogen-bond donors (Lipinski definition) is 1. The second-order valence-corrected chi connectivity index (χ2v) is 7.63. The van der Waals surface area contributed by atoms with Gasteiger partial charge in [0.25, 0.3) is 0 Å². The van der Waals surface area contributed by atoms with Crippen LogP contribution in [0.4, 0.5) is 5.69 Å². The molecule has 3 rings (SSSR count). The van der Waals surface area contributed by atoms with Crippen molar-refractivity contribution in [1.29, 1.82) is 0 Å². The van der Waals surface area contributed by atoms with Gasteiger partial charge in [-0.05, 0) is 55.5 Å². The first-order chi connectivity index (χ1) is 12.3. The molecule has 0 unspecified atom stereocenters. The van der Waals surface area contributed by atoms with E-state index in [1.54, 1.807) is 0 Å². The number of carbonyl (C=O) groups is 1. The maximum atomic E-state index is 13.1. The fourth-order valence-corrected chi connectivity index (χ4v) is 3.18. The van der Waals surface area contributed by atoms with Crippen LogP contribution in [-0.4, -0.2) is 19.1 Å². The highest BCUT2D eigenvalue weighted by molar-refractivity contribution is 5.99. The zero-order chi connectivity index (χ0) is 18.9. The predicted molar refractivity (Wildman–Crippen MR) is 104 cm³/mol. The highest BCUT2D eigenvalue weighted by Crippen LogP contribution is 2.36. The summed E-state index contributed by atoms with van der Waals surface area (Å²) in [4.78, 5) is 13.1. The van der Waals surface area contributed by atoms with Gasteiger partial charge in [-0.2, -0.15) is 0 Å². The molecule has 0 radical (unpaired) electrons. The van der Waals surface area contributed by atoms with Crippen molar-refractivity contribution < 1.29 is 14.3 Å². The van der Waals surface area contributed by atoms with Crippen LogP contribution >= 0.6 is 0 Å². The molecule has 0 fully saturated rings. The average molecular weight is 353 g/mol. The molecule has 2 aromatic rings. The molecule has 2 aromatic carbocycles. The summed E-state index contributed by atoms with van der Waals surface area (Å²) in [5, 5.41) is 3.17. The number of aryl methyl sites for hydroxylation is 1. The second kappa shape index (κ2) is 7.02. The summed E-state index contributed by atoms with van der Waals surface area (Å²) in [5.41, 5.74) is 3.34. The third-order valence-electron chi connectivity index (χ3n) is 5.00. The molecule has 4 heteroatoms. The van der Waals surface area contributed by atoms with Crippen LogP contribution in [0.5, 0.6) is 11.5 Å². The first-order valence-electron chi connectivity index (χ1n) is 9.12. The quantitative estimate of drug-likeness (QED) is 0.858. The molecule has 1 aliphatic rings. The topological polar surface area (TPSA) is 47.6 Å². The smallest absolute Gasteiger partial charge is 0.234 e. The molecule has 0 atom stereocenters. The number of benzene rings is 2. The zero-order valence-electron chi connectivity index (χ0n) is 16.2. The molecular weight excluding hydrogens is 326 g/mol. The maximum Gasteiger partial charge on any atom is 0.234 e. The monoisotopic (exact) mass is 353 g/mol. The van der Waals surface area contributed by atoms with Gasteiger partial charge in [-0.1, -0.05) is 38.1 Å². The van der Waals surface area contributed by atoms with Crippen molar-refractivity contribution in [3.63, 3.8) is 0 Å². The number of ether oxygens (including phenoxy) is 2. The summed E-state index contributed by atoms with van der Waals surface area (Å²) in [6, 6.07) is 11.9. The molecule has 1 aliphatic heterocycles. The molecule has 0 saturated heterocycles. The lowest BCUT2D eigenvalue weighted by Gasteiger charge is -2.28. The van der Waals surface area contributed by atoms with E-state index in [-0.39, 0.29) is 5.91 Å². The Kier molecular flexibility index (Phi) is 4.94. The highest BCUT2D eigenvalue weighted by Gasteiger charge is 2.32. The first-order valence-corrected chi connectivity index (χ1v) is 9.12. The summed E-state index contributed by atoms with van der Waals surface area (Å²) in [7, 11) is 0. The van der Waals surface area contributed by atoms with E-state index < -0.39 is 5.41 Å². The van der Waals surface area contributed by atoms with Crippen molar-refractivity contribution in [2.45, 2.75) is 46.0 Å². The summed E-state index contributed by atoms with van der Waals surface area (Å²) in [6.45, 7) is 11.2. The van der Waals surface area contributed by atoms with Crippen LogP contribution in [-0.2, 0) is 10.2 Å². The van der Waals surface area contributed by atoms with Gasteiger partial charge >= 0.3 is 0 Å². The van der Waals surface area contributed by atoms with Crippen molar-refractivity contribution in [3.8, 4) is 11.5 Å². The van der Waals surface area contributed by atoms with E-state index in [1.165, 1.54) is 0 Å². The Morgan fingerprint density at radius 2 is 1.77 bits per heavy atom. The van der Waals surface area contributed by atoms with Crippen LogP contribution in [0.1, 0.15) is 50.3 Å². The Morgan fingerprint density at radius 1 is 1.08 bits per heavy atom. The molecule has 138 valence electrons. The lowest BCUT2D eigenvalue weighted by Crippen LogP contribution is -2.35. The van der Waals surface area contributed by atoms with E-state index in [0.717, 1.165) is 28.1 Å². The Labute approximate surface area is 155 Å². The Hall–Kier alpha value is -2.49. The lowest BCUT2D eigenvalue weighted by molar-refractivity contribution is -0.120. The number of fused-ring (bicyclic) bond motifs is 1. The van der Waals surface area contributed by atoms with Crippen molar-refractivity contribution in [1.82, 2.24) is 0 Å². The Balaban J connectivity index is 1.90. The number of rotatable bonds is 4. The molecule has 0 aliphatic carbocycles. The maximum absolute atomic E-state index is 13.1. The minimum Gasteiger partial charge on any atom is -0.486 e. The molecule has 0 saturated carbocycles. The van der Waals surface area contributed by atoms with E-state index in [1.807, 2.05) is 51.1 Å². The predicted octanol–water partition coefficient (Wildman–Crippen LogP) is 4.81. The van der Waals surface area contributed by atoms with E-state index >= 15 is 0 Å². The number of para-hydroxylation sites is 1. The standard InChI is InChI=1S/C22H27NO3/c1-14(2)17-8-6-7-15(3)20(17)23-21(24)22(4,5)16-9-10-18-19(13-16)26-12-11-25-18/h6-10,13-14H,11-12H2,1-5H3,(H,23,24). The summed E-state index contributed by atoms with van der Waals surface area (Å²) >= 11 is 0. The second-order valence-electron chi connectivity index (χ2n) is 7.63. The summed E-state index contributed by atoms with van der Waals surface area (Å²) in [6.07, 6.45) is 0. The van der Waals surface area contributed by atoms with Gasteiger partial charge in [0.1, 0.15) is 13.2 Å². The van der Waals surface area contributed by atoms with E-state index in [4.69, 9.17) is 9.47 Å². The van der Waals surface area contributed by atoms with E-state index in [0.29, 0.717) is 24.9 Å². The zero-order valence-corrected chi connectivity index (χ0v) is 16.2. The molecule has 0 aromatic heterocycles. The molecule has 0 spiro atoms. The van der Waals surface area contributed by atoms with Gasteiger partial charge in [0.05, 0.1) is 5.41 Å². The van der Waals surface area contributed by atoms with Crippen LogP contribution in [0.25, 0.3) is 0 Å². The normalized spacial score (nSPS) is 13.6. The third kappa shape index (κ3) is 3.41. The van der Waals surface area contributed by atoms with Crippen LogP contribution < -0.4 is 14.8 Å².